The predicted molar refractivity (Wildman–Crippen MR) is 102 cm³/mol. The van der Waals surface area contributed by atoms with Crippen LogP contribution in [-0.4, -0.2) is 52.0 Å². The molecule has 1 fully saturated rings. The fraction of sp³-hybridized carbons (Fsp3) is 0.200. The number of benzene rings is 2. The van der Waals surface area contributed by atoms with Crippen molar-refractivity contribution in [2.24, 2.45) is 0 Å². The van der Waals surface area contributed by atoms with Gasteiger partial charge in [-0.2, -0.15) is 0 Å². The monoisotopic (exact) mass is 398 g/mol. The minimum absolute atomic E-state index is 0.169. The molecule has 0 aliphatic carbocycles. The van der Waals surface area contributed by atoms with E-state index in [0.29, 0.717) is 5.75 Å². The van der Waals surface area contributed by atoms with Crippen LogP contribution in [0.15, 0.2) is 54.1 Å². The van der Waals surface area contributed by atoms with Gasteiger partial charge in [0.05, 0.1) is 30.3 Å². The van der Waals surface area contributed by atoms with Crippen LogP contribution in [0.25, 0.3) is 5.76 Å². The Hall–Kier alpha value is -3.72. The molecule has 2 aromatic carbocycles. The van der Waals surface area contributed by atoms with Gasteiger partial charge in [0.15, 0.2) is 0 Å². The fourth-order valence-electron chi connectivity index (χ4n) is 3.28. The zero-order valence-corrected chi connectivity index (χ0v) is 15.4. The second-order valence-corrected chi connectivity index (χ2v) is 6.30. The highest BCUT2D eigenvalue weighted by atomic mass is 16.6. The first-order valence-corrected chi connectivity index (χ1v) is 8.67. The van der Waals surface area contributed by atoms with Gasteiger partial charge in [0.2, 0.25) is 0 Å². The van der Waals surface area contributed by atoms with E-state index in [2.05, 4.69) is 0 Å². The van der Waals surface area contributed by atoms with E-state index in [1.165, 1.54) is 43.5 Å². The van der Waals surface area contributed by atoms with Crippen molar-refractivity contribution in [3.8, 4) is 5.75 Å². The molecule has 1 amide bonds. The normalized spacial score (nSPS) is 18.1. The molecule has 1 atom stereocenters. The molecule has 0 unspecified atom stereocenters. The molecule has 1 heterocycles. The van der Waals surface area contributed by atoms with Crippen LogP contribution in [0, 0.1) is 10.1 Å². The lowest BCUT2D eigenvalue weighted by atomic mass is 9.95. The highest BCUT2D eigenvalue weighted by Gasteiger charge is 2.46. The highest BCUT2D eigenvalue weighted by molar-refractivity contribution is 6.46. The van der Waals surface area contributed by atoms with E-state index in [9.17, 15) is 29.9 Å². The summed E-state index contributed by atoms with van der Waals surface area (Å²) in [4.78, 5) is 36.8. The molecule has 0 saturated carbocycles. The van der Waals surface area contributed by atoms with Gasteiger partial charge >= 0.3 is 0 Å². The number of likely N-dealkylation sites (tertiary alicyclic amines) is 1. The lowest BCUT2D eigenvalue weighted by Gasteiger charge is -2.24. The Balaban J connectivity index is 2.18. The second-order valence-electron chi connectivity index (χ2n) is 6.30. The number of methoxy groups -OCH3 is 1. The lowest BCUT2D eigenvalue weighted by Crippen LogP contribution is -2.32. The van der Waals surface area contributed by atoms with E-state index < -0.39 is 35.0 Å². The van der Waals surface area contributed by atoms with Crippen LogP contribution in [0.4, 0.5) is 5.69 Å². The third-order valence-electron chi connectivity index (χ3n) is 4.64. The Kier molecular flexibility index (Phi) is 5.60. The van der Waals surface area contributed by atoms with Crippen LogP contribution >= 0.6 is 0 Å². The van der Waals surface area contributed by atoms with Gasteiger partial charge in [0.1, 0.15) is 11.5 Å². The number of rotatable bonds is 6. The van der Waals surface area contributed by atoms with Crippen molar-refractivity contribution in [3.63, 3.8) is 0 Å². The van der Waals surface area contributed by atoms with Gasteiger partial charge in [-0.1, -0.05) is 12.1 Å². The Labute approximate surface area is 165 Å². The average molecular weight is 398 g/mol. The standard InChI is InChI=1S/C20H18N2O7/c1-29-15-7-5-12(6-8-15)18(24)16-17(21(9-10-23)20(26)19(16)25)13-3-2-4-14(11-13)22(27)28/h2-8,11,17,23-24H,9-10H2,1H3/b18-16+/t17-/m1/s1. The van der Waals surface area contributed by atoms with Crippen LogP contribution in [-0.2, 0) is 9.59 Å². The van der Waals surface area contributed by atoms with Crippen molar-refractivity contribution in [2.45, 2.75) is 6.04 Å². The molecule has 1 aliphatic heterocycles. The number of nitro benzene ring substituents is 1. The Morgan fingerprint density at radius 3 is 2.48 bits per heavy atom. The molecular weight excluding hydrogens is 380 g/mol. The van der Waals surface area contributed by atoms with E-state index in [4.69, 9.17) is 4.74 Å². The van der Waals surface area contributed by atoms with Crippen LogP contribution < -0.4 is 4.74 Å². The topological polar surface area (TPSA) is 130 Å². The van der Waals surface area contributed by atoms with E-state index in [-0.39, 0.29) is 28.9 Å². The smallest absolute Gasteiger partial charge is 0.295 e. The zero-order chi connectivity index (χ0) is 21.1. The summed E-state index contributed by atoms with van der Waals surface area (Å²) in [6.45, 7) is -0.585. The molecule has 9 nitrogen and oxygen atoms in total. The molecule has 2 aromatic rings. The zero-order valence-electron chi connectivity index (χ0n) is 15.4. The number of carbonyl (C=O) groups is 2. The number of hydrogen-bond acceptors (Lipinski definition) is 7. The van der Waals surface area contributed by atoms with Gasteiger partial charge in [0.25, 0.3) is 17.4 Å². The number of amides is 1. The van der Waals surface area contributed by atoms with Crippen molar-refractivity contribution in [3.05, 3.63) is 75.3 Å². The minimum Gasteiger partial charge on any atom is -0.507 e. The fourth-order valence-corrected chi connectivity index (χ4v) is 3.28. The summed E-state index contributed by atoms with van der Waals surface area (Å²) < 4.78 is 5.07. The Bertz CT molecular complexity index is 998. The minimum atomic E-state index is -1.07. The van der Waals surface area contributed by atoms with E-state index in [1.807, 2.05) is 0 Å². The molecular formula is C20H18N2O7. The van der Waals surface area contributed by atoms with Gasteiger partial charge in [-0.15, -0.1) is 0 Å². The van der Waals surface area contributed by atoms with Gasteiger partial charge in [-0.3, -0.25) is 19.7 Å². The molecule has 1 saturated heterocycles. The molecule has 29 heavy (non-hydrogen) atoms. The number of nitrogens with zero attached hydrogens (tertiary/aromatic N) is 2. The first-order chi connectivity index (χ1) is 13.9. The largest absolute Gasteiger partial charge is 0.507 e. The molecule has 0 bridgehead atoms. The van der Waals surface area contributed by atoms with E-state index in [0.717, 1.165) is 4.90 Å². The number of ether oxygens (including phenoxy) is 1. The lowest BCUT2D eigenvalue weighted by molar-refractivity contribution is -0.384. The van der Waals surface area contributed by atoms with Gasteiger partial charge < -0.3 is 19.8 Å². The number of aliphatic hydroxyl groups is 2. The predicted octanol–water partition coefficient (Wildman–Crippen LogP) is 2.02. The Morgan fingerprint density at radius 1 is 1.21 bits per heavy atom. The number of non-ortho nitro benzene ring substituents is 1. The number of Topliss-reactive ketones (excluding diaryl/α,β-unsaturated/α-hetero) is 1. The van der Waals surface area contributed by atoms with Crippen LogP contribution in [0.5, 0.6) is 5.75 Å². The number of carbonyl (C=O) groups excluding carboxylic acids is 2. The summed E-state index contributed by atoms with van der Waals surface area (Å²) in [5.74, 6) is -1.70. The number of nitro groups is 1. The maximum absolute atomic E-state index is 12.7. The summed E-state index contributed by atoms with van der Waals surface area (Å²) in [7, 11) is 1.48. The van der Waals surface area contributed by atoms with Crippen LogP contribution in [0.2, 0.25) is 0 Å². The van der Waals surface area contributed by atoms with Crippen molar-refractivity contribution < 1.29 is 29.5 Å². The average Bonchev–Trinajstić information content (AvgIpc) is 2.98. The van der Waals surface area contributed by atoms with Crippen LogP contribution in [0.3, 0.4) is 0 Å². The first-order valence-electron chi connectivity index (χ1n) is 8.67. The second kappa shape index (κ2) is 8.11. The molecule has 0 aromatic heterocycles. The third-order valence-corrected chi connectivity index (χ3v) is 4.64. The maximum atomic E-state index is 12.7. The van der Waals surface area contributed by atoms with Crippen molar-refractivity contribution in [2.75, 3.05) is 20.3 Å². The van der Waals surface area contributed by atoms with Crippen molar-refractivity contribution >= 4 is 23.1 Å². The SMILES string of the molecule is COc1ccc(/C(O)=C2\C(=O)C(=O)N(CCO)[C@@H]2c2cccc([N+](=O)[O-])c2)cc1. The van der Waals surface area contributed by atoms with Crippen LogP contribution in [0.1, 0.15) is 17.2 Å². The first kappa shape index (κ1) is 20.0. The van der Waals surface area contributed by atoms with Gasteiger partial charge in [-0.05, 0) is 29.8 Å². The maximum Gasteiger partial charge on any atom is 0.295 e. The summed E-state index contributed by atoms with van der Waals surface area (Å²) in [5.41, 5.74) is 0.140. The number of hydrogen-bond donors (Lipinski definition) is 2. The molecule has 150 valence electrons. The summed E-state index contributed by atoms with van der Waals surface area (Å²) in [5, 5.41) is 31.3. The molecule has 9 heteroatoms. The molecule has 1 aliphatic rings. The molecule has 2 N–H and O–H groups in total. The highest BCUT2D eigenvalue weighted by Crippen LogP contribution is 2.40. The molecule has 0 spiro atoms. The van der Waals surface area contributed by atoms with E-state index in [1.54, 1.807) is 12.1 Å². The number of β-amino-alcohol motifs (C(OH)–C–C–N with tert-alkyl or cyclic N) is 1. The number of aliphatic hydroxyl groups excluding tert-OH is 2. The summed E-state index contributed by atoms with van der Waals surface area (Å²) in [6, 6.07) is 10.6. The van der Waals surface area contributed by atoms with Gasteiger partial charge in [-0.25, -0.2) is 0 Å². The van der Waals surface area contributed by atoms with E-state index >= 15 is 0 Å². The van der Waals surface area contributed by atoms with Crippen molar-refractivity contribution in [1.82, 2.24) is 4.90 Å². The third kappa shape index (κ3) is 3.67. The quantitative estimate of drug-likeness (QED) is 0.250. The molecule has 3 rings (SSSR count). The summed E-state index contributed by atoms with van der Waals surface area (Å²) >= 11 is 0. The molecule has 0 radical (unpaired) electrons. The number of ketones is 1. The van der Waals surface area contributed by atoms with Gasteiger partial charge in [0, 0.05) is 24.2 Å². The summed E-state index contributed by atoms with van der Waals surface area (Å²) in [6.07, 6.45) is 0. The Morgan fingerprint density at radius 2 is 1.90 bits per heavy atom. The van der Waals surface area contributed by atoms with Crippen molar-refractivity contribution in [1.29, 1.82) is 0 Å².